The molecule has 2 aromatic rings. The van der Waals surface area contributed by atoms with E-state index in [1.807, 2.05) is 12.3 Å². The van der Waals surface area contributed by atoms with Crippen molar-refractivity contribution < 1.29 is 0 Å². The second-order valence-electron chi connectivity index (χ2n) is 4.37. The monoisotopic (exact) mass is 261 g/mol. The van der Waals surface area contributed by atoms with Gasteiger partial charge in [-0.15, -0.1) is 0 Å². The van der Waals surface area contributed by atoms with Crippen LogP contribution in [0.3, 0.4) is 0 Å². The normalized spacial score (nSPS) is 14.7. The van der Waals surface area contributed by atoms with Crippen molar-refractivity contribution >= 4 is 17.4 Å². The third-order valence-corrected chi connectivity index (χ3v) is 3.36. The van der Waals surface area contributed by atoms with Gasteiger partial charge in [0.1, 0.15) is 5.84 Å². The summed E-state index contributed by atoms with van der Waals surface area (Å²) in [6.07, 6.45) is 5.82. The quantitative estimate of drug-likeness (QED) is 0.656. The Morgan fingerprint density at radius 3 is 2.89 bits per heavy atom. The number of halogens is 1. The average molecular weight is 262 g/mol. The molecule has 0 amide bonds. The minimum absolute atomic E-state index is 0.0711. The zero-order chi connectivity index (χ0) is 12.7. The maximum Gasteiger partial charge on any atom is 0.172 e. The molecule has 0 atom stereocenters. The Bertz CT molecular complexity index is 615. The van der Waals surface area contributed by atoms with Crippen molar-refractivity contribution in [2.24, 2.45) is 5.73 Å². The Labute approximate surface area is 109 Å². The lowest BCUT2D eigenvalue weighted by Gasteiger charge is -2.07. The summed E-state index contributed by atoms with van der Waals surface area (Å²) in [5, 5.41) is 12.3. The molecule has 0 bridgehead atoms. The fourth-order valence-electron chi connectivity index (χ4n) is 1.85. The van der Waals surface area contributed by atoms with Gasteiger partial charge in [-0.1, -0.05) is 11.6 Å². The Morgan fingerprint density at radius 1 is 1.44 bits per heavy atom. The molecule has 2 heterocycles. The Kier molecular flexibility index (Phi) is 2.56. The van der Waals surface area contributed by atoms with Gasteiger partial charge < -0.3 is 5.73 Å². The molecule has 1 aliphatic rings. The molecule has 5 nitrogen and oxygen atoms in total. The highest BCUT2D eigenvalue weighted by molar-refractivity contribution is 6.35. The molecule has 2 aromatic heterocycles. The Hall–Kier alpha value is -1.88. The van der Waals surface area contributed by atoms with E-state index in [-0.39, 0.29) is 5.84 Å². The number of aromatic nitrogens is 3. The molecule has 3 N–H and O–H groups in total. The molecule has 0 aromatic carbocycles. The molecule has 0 radical (unpaired) electrons. The molecule has 0 unspecified atom stereocenters. The van der Waals surface area contributed by atoms with Gasteiger partial charge in [0.05, 0.1) is 10.7 Å². The van der Waals surface area contributed by atoms with Gasteiger partial charge in [-0.2, -0.15) is 5.10 Å². The first kappa shape index (κ1) is 11.2. The SMILES string of the molecule is N=C(N)c1ccnc(-n2ccc(C3CC3)n2)c1Cl. The number of nitrogens with zero attached hydrogens (tertiary/aromatic N) is 3. The molecular formula is C12H12ClN5. The van der Waals surface area contributed by atoms with Gasteiger partial charge in [0.25, 0.3) is 0 Å². The second-order valence-corrected chi connectivity index (χ2v) is 4.75. The Balaban J connectivity index is 2.04. The summed E-state index contributed by atoms with van der Waals surface area (Å²) in [5.41, 5.74) is 7.01. The lowest BCUT2D eigenvalue weighted by atomic mass is 10.2. The summed E-state index contributed by atoms with van der Waals surface area (Å²) < 4.78 is 1.64. The molecule has 1 saturated carbocycles. The summed E-state index contributed by atoms with van der Waals surface area (Å²) >= 11 is 6.20. The lowest BCUT2D eigenvalue weighted by molar-refractivity contribution is 0.812. The van der Waals surface area contributed by atoms with Crippen LogP contribution in [0.25, 0.3) is 5.82 Å². The first-order valence-electron chi connectivity index (χ1n) is 5.71. The number of amidine groups is 1. The first-order chi connectivity index (χ1) is 8.66. The van der Waals surface area contributed by atoms with Gasteiger partial charge in [-0.3, -0.25) is 5.41 Å². The van der Waals surface area contributed by atoms with E-state index in [2.05, 4.69) is 10.1 Å². The third kappa shape index (κ3) is 1.86. The summed E-state index contributed by atoms with van der Waals surface area (Å²) in [6, 6.07) is 3.61. The molecular weight excluding hydrogens is 250 g/mol. The van der Waals surface area contributed by atoms with Crippen LogP contribution in [0.5, 0.6) is 0 Å². The lowest BCUT2D eigenvalue weighted by Crippen LogP contribution is -2.13. The molecule has 3 rings (SSSR count). The van der Waals surface area contributed by atoms with E-state index in [9.17, 15) is 0 Å². The van der Waals surface area contributed by atoms with Crippen molar-refractivity contribution in [1.82, 2.24) is 14.8 Å². The van der Waals surface area contributed by atoms with Crippen LogP contribution in [-0.2, 0) is 0 Å². The summed E-state index contributed by atoms with van der Waals surface area (Å²) in [7, 11) is 0. The predicted octanol–water partition coefficient (Wildman–Crippen LogP) is 2.08. The van der Waals surface area contributed by atoms with Crippen LogP contribution in [0.15, 0.2) is 24.5 Å². The van der Waals surface area contributed by atoms with E-state index >= 15 is 0 Å². The number of nitrogens with one attached hydrogen (secondary N) is 1. The van der Waals surface area contributed by atoms with Gasteiger partial charge in [0.2, 0.25) is 0 Å². The molecule has 1 aliphatic carbocycles. The summed E-state index contributed by atoms with van der Waals surface area (Å²) in [6.45, 7) is 0. The van der Waals surface area contributed by atoms with Crippen LogP contribution in [-0.4, -0.2) is 20.6 Å². The van der Waals surface area contributed by atoms with Gasteiger partial charge in [0, 0.05) is 23.9 Å². The van der Waals surface area contributed by atoms with Crippen LogP contribution >= 0.6 is 11.6 Å². The number of hydrogen-bond donors (Lipinski definition) is 2. The van der Waals surface area contributed by atoms with E-state index in [4.69, 9.17) is 22.7 Å². The van der Waals surface area contributed by atoms with Crippen LogP contribution in [0, 0.1) is 5.41 Å². The zero-order valence-corrected chi connectivity index (χ0v) is 10.4. The summed E-state index contributed by atoms with van der Waals surface area (Å²) in [4.78, 5) is 4.20. The average Bonchev–Trinajstić information content (AvgIpc) is 3.08. The largest absolute Gasteiger partial charge is 0.384 e. The van der Waals surface area contributed by atoms with Crippen molar-refractivity contribution in [3.8, 4) is 5.82 Å². The minimum atomic E-state index is -0.0711. The highest BCUT2D eigenvalue weighted by Gasteiger charge is 2.26. The Morgan fingerprint density at radius 2 is 2.22 bits per heavy atom. The van der Waals surface area contributed by atoms with E-state index in [0.29, 0.717) is 22.3 Å². The number of nitrogen functional groups attached to an aromatic ring is 1. The van der Waals surface area contributed by atoms with E-state index in [1.165, 1.54) is 12.8 Å². The number of rotatable bonds is 3. The molecule has 6 heteroatoms. The first-order valence-corrected chi connectivity index (χ1v) is 6.09. The smallest absolute Gasteiger partial charge is 0.172 e. The fourth-order valence-corrected chi connectivity index (χ4v) is 2.15. The number of hydrogen-bond acceptors (Lipinski definition) is 3. The fraction of sp³-hybridized carbons (Fsp3) is 0.250. The van der Waals surface area contributed by atoms with Crippen molar-refractivity contribution in [3.05, 3.63) is 40.8 Å². The van der Waals surface area contributed by atoms with Crippen LogP contribution < -0.4 is 5.73 Å². The van der Waals surface area contributed by atoms with Gasteiger partial charge >= 0.3 is 0 Å². The van der Waals surface area contributed by atoms with Crippen molar-refractivity contribution in [2.45, 2.75) is 18.8 Å². The highest BCUT2D eigenvalue weighted by atomic mass is 35.5. The molecule has 0 spiro atoms. The highest BCUT2D eigenvalue weighted by Crippen LogP contribution is 2.39. The molecule has 18 heavy (non-hydrogen) atoms. The molecule has 0 aliphatic heterocycles. The van der Waals surface area contributed by atoms with Crippen molar-refractivity contribution in [1.29, 1.82) is 5.41 Å². The topological polar surface area (TPSA) is 80.6 Å². The van der Waals surface area contributed by atoms with E-state index in [0.717, 1.165) is 5.69 Å². The van der Waals surface area contributed by atoms with Crippen molar-refractivity contribution in [2.75, 3.05) is 0 Å². The van der Waals surface area contributed by atoms with Crippen molar-refractivity contribution in [3.63, 3.8) is 0 Å². The second kappa shape index (κ2) is 4.10. The number of pyridine rings is 1. The van der Waals surface area contributed by atoms with E-state index < -0.39 is 0 Å². The maximum atomic E-state index is 7.45. The van der Waals surface area contributed by atoms with Gasteiger partial charge in [0.15, 0.2) is 5.82 Å². The maximum absolute atomic E-state index is 7.45. The predicted molar refractivity (Wildman–Crippen MR) is 69.4 cm³/mol. The minimum Gasteiger partial charge on any atom is -0.384 e. The van der Waals surface area contributed by atoms with Crippen LogP contribution in [0.1, 0.15) is 30.0 Å². The third-order valence-electron chi connectivity index (χ3n) is 2.98. The summed E-state index contributed by atoms with van der Waals surface area (Å²) in [5.74, 6) is 1.02. The van der Waals surface area contributed by atoms with Gasteiger partial charge in [-0.05, 0) is 25.0 Å². The molecule has 92 valence electrons. The number of nitrogens with two attached hydrogens (primary N) is 1. The van der Waals surface area contributed by atoms with Crippen LogP contribution in [0.2, 0.25) is 5.02 Å². The standard InChI is InChI=1S/C12H12ClN5/c13-10-8(11(14)15)3-5-16-12(10)18-6-4-9(17-18)7-1-2-7/h3-7H,1-2H2,(H3,14,15). The molecule has 1 fully saturated rings. The molecule has 0 saturated heterocycles. The van der Waals surface area contributed by atoms with E-state index in [1.54, 1.807) is 16.9 Å². The van der Waals surface area contributed by atoms with Crippen LogP contribution in [0.4, 0.5) is 0 Å². The zero-order valence-electron chi connectivity index (χ0n) is 9.60. The van der Waals surface area contributed by atoms with Gasteiger partial charge in [-0.25, -0.2) is 9.67 Å².